The molecule has 1 fully saturated rings. The van der Waals surface area contributed by atoms with Crippen LogP contribution in [0, 0.1) is 5.92 Å². The fourth-order valence-electron chi connectivity index (χ4n) is 3.23. The number of anilines is 1. The number of unbranched alkanes of at least 4 members (excludes halogenated alkanes) is 1. The van der Waals surface area contributed by atoms with Gasteiger partial charge in [-0.3, -0.25) is 4.79 Å². The number of benzene rings is 1. The van der Waals surface area contributed by atoms with Gasteiger partial charge in [-0.15, -0.1) is 0 Å². The zero-order valence-electron chi connectivity index (χ0n) is 14.4. The first-order chi connectivity index (χ1) is 11.2. The van der Waals surface area contributed by atoms with Crippen LogP contribution in [-0.4, -0.2) is 25.6 Å². The highest BCUT2D eigenvalue weighted by Crippen LogP contribution is 2.29. The Morgan fingerprint density at radius 2 is 1.91 bits per heavy atom. The van der Waals surface area contributed by atoms with E-state index in [2.05, 4.69) is 17.6 Å². The lowest BCUT2D eigenvalue weighted by molar-refractivity contribution is -0.123. The summed E-state index contributed by atoms with van der Waals surface area (Å²) in [5.41, 5.74) is 0.979. The van der Waals surface area contributed by atoms with Crippen LogP contribution in [0.3, 0.4) is 0 Å². The van der Waals surface area contributed by atoms with Crippen LogP contribution in [0.15, 0.2) is 24.3 Å². The van der Waals surface area contributed by atoms with Gasteiger partial charge in [0.1, 0.15) is 11.8 Å². The number of carbonyl (C=O) groups excluding carboxylic acids is 1. The van der Waals surface area contributed by atoms with Crippen molar-refractivity contribution >= 4 is 11.6 Å². The first-order valence-electron chi connectivity index (χ1n) is 8.93. The van der Waals surface area contributed by atoms with Crippen LogP contribution in [-0.2, 0) is 4.79 Å². The topological polar surface area (TPSA) is 50.4 Å². The number of ether oxygens (including phenoxy) is 1. The lowest BCUT2D eigenvalue weighted by Crippen LogP contribution is -2.45. The Morgan fingerprint density at radius 1 is 1.22 bits per heavy atom. The number of amides is 1. The van der Waals surface area contributed by atoms with Gasteiger partial charge in [0, 0.05) is 12.2 Å². The summed E-state index contributed by atoms with van der Waals surface area (Å²) in [7, 11) is 1.66. The van der Waals surface area contributed by atoms with E-state index in [4.69, 9.17) is 4.74 Å². The van der Waals surface area contributed by atoms with Crippen molar-refractivity contribution in [2.24, 2.45) is 5.92 Å². The zero-order valence-corrected chi connectivity index (χ0v) is 14.4. The average Bonchev–Trinajstić information content (AvgIpc) is 2.61. The molecule has 4 heteroatoms. The maximum atomic E-state index is 12.6. The summed E-state index contributed by atoms with van der Waals surface area (Å²) in [4.78, 5) is 12.6. The second-order valence-corrected chi connectivity index (χ2v) is 6.39. The summed E-state index contributed by atoms with van der Waals surface area (Å²) in [6.45, 7) is 2.91. The normalized spacial score (nSPS) is 16.6. The van der Waals surface area contributed by atoms with E-state index < -0.39 is 0 Å². The highest BCUT2D eigenvalue weighted by atomic mass is 16.5. The standard InChI is InChI=1S/C19H30N2O2/c1-3-4-14-20-19(22)18(15-8-6-5-7-9-15)21-16-10-12-17(23-2)13-11-16/h10-13,15,18,21H,3-9,14H2,1-2H3,(H,20,22). The second kappa shape index (κ2) is 9.43. The van der Waals surface area contributed by atoms with Gasteiger partial charge in [0.15, 0.2) is 0 Å². The number of nitrogens with one attached hydrogen (secondary N) is 2. The molecule has 1 amide bonds. The fourth-order valence-corrected chi connectivity index (χ4v) is 3.23. The molecule has 1 aromatic rings. The van der Waals surface area contributed by atoms with Crippen LogP contribution in [0.25, 0.3) is 0 Å². The Balaban J connectivity index is 2.03. The fraction of sp³-hybridized carbons (Fsp3) is 0.632. The molecule has 0 aliphatic heterocycles. The number of rotatable bonds is 8. The van der Waals surface area contributed by atoms with Crippen molar-refractivity contribution in [2.75, 3.05) is 19.0 Å². The van der Waals surface area contributed by atoms with Gasteiger partial charge in [-0.05, 0) is 49.4 Å². The third-order valence-corrected chi connectivity index (χ3v) is 4.65. The summed E-state index contributed by atoms with van der Waals surface area (Å²) in [6, 6.07) is 7.67. The summed E-state index contributed by atoms with van der Waals surface area (Å²) in [5.74, 6) is 1.39. The maximum Gasteiger partial charge on any atom is 0.242 e. The van der Waals surface area contributed by atoms with Crippen LogP contribution < -0.4 is 15.4 Å². The lowest BCUT2D eigenvalue weighted by atomic mass is 9.83. The summed E-state index contributed by atoms with van der Waals surface area (Å²) >= 11 is 0. The smallest absolute Gasteiger partial charge is 0.242 e. The van der Waals surface area contributed by atoms with Gasteiger partial charge >= 0.3 is 0 Å². The van der Waals surface area contributed by atoms with Crippen molar-refractivity contribution in [3.05, 3.63) is 24.3 Å². The van der Waals surface area contributed by atoms with Crippen molar-refractivity contribution in [3.8, 4) is 5.75 Å². The zero-order chi connectivity index (χ0) is 16.5. The van der Waals surface area contributed by atoms with E-state index in [1.165, 1.54) is 19.3 Å². The Kier molecular flexibility index (Phi) is 7.24. The Morgan fingerprint density at radius 3 is 2.52 bits per heavy atom. The van der Waals surface area contributed by atoms with E-state index in [0.717, 1.165) is 43.7 Å². The summed E-state index contributed by atoms with van der Waals surface area (Å²) in [5, 5.41) is 6.56. The monoisotopic (exact) mass is 318 g/mol. The highest BCUT2D eigenvalue weighted by Gasteiger charge is 2.29. The minimum atomic E-state index is -0.138. The van der Waals surface area contributed by atoms with E-state index in [1.807, 2.05) is 24.3 Å². The first-order valence-corrected chi connectivity index (χ1v) is 8.93. The molecule has 1 aliphatic carbocycles. The van der Waals surface area contributed by atoms with E-state index in [0.29, 0.717) is 5.92 Å². The largest absolute Gasteiger partial charge is 0.497 e. The van der Waals surface area contributed by atoms with Gasteiger partial charge in [-0.1, -0.05) is 32.6 Å². The van der Waals surface area contributed by atoms with E-state index in [9.17, 15) is 4.79 Å². The van der Waals surface area contributed by atoms with Gasteiger partial charge in [0.25, 0.3) is 0 Å². The molecule has 1 aliphatic rings. The third-order valence-electron chi connectivity index (χ3n) is 4.65. The molecule has 0 heterocycles. The molecule has 4 nitrogen and oxygen atoms in total. The van der Waals surface area contributed by atoms with Gasteiger partial charge < -0.3 is 15.4 Å². The number of carbonyl (C=O) groups is 1. The van der Waals surface area contributed by atoms with Gasteiger partial charge in [-0.25, -0.2) is 0 Å². The van der Waals surface area contributed by atoms with E-state index in [-0.39, 0.29) is 11.9 Å². The second-order valence-electron chi connectivity index (χ2n) is 6.39. The Hall–Kier alpha value is -1.71. The predicted molar refractivity (Wildman–Crippen MR) is 94.9 cm³/mol. The molecule has 0 aromatic heterocycles. The summed E-state index contributed by atoms with van der Waals surface area (Å²) < 4.78 is 5.20. The molecule has 1 unspecified atom stereocenters. The maximum absolute atomic E-state index is 12.6. The number of hydrogen-bond donors (Lipinski definition) is 2. The van der Waals surface area contributed by atoms with E-state index in [1.54, 1.807) is 7.11 Å². The quantitative estimate of drug-likeness (QED) is 0.713. The predicted octanol–water partition coefficient (Wildman–Crippen LogP) is 3.97. The molecule has 1 atom stereocenters. The van der Waals surface area contributed by atoms with E-state index >= 15 is 0 Å². The van der Waals surface area contributed by atoms with Gasteiger partial charge in [-0.2, -0.15) is 0 Å². The summed E-state index contributed by atoms with van der Waals surface area (Å²) in [6.07, 6.45) is 8.15. The first kappa shape index (κ1) is 17.6. The molecule has 1 aromatic carbocycles. The number of methoxy groups -OCH3 is 1. The molecule has 0 saturated heterocycles. The van der Waals surface area contributed by atoms with Crippen LogP contribution >= 0.6 is 0 Å². The third kappa shape index (κ3) is 5.45. The molecule has 0 spiro atoms. The van der Waals surface area contributed by atoms with Gasteiger partial charge in [0.05, 0.1) is 7.11 Å². The minimum Gasteiger partial charge on any atom is -0.497 e. The molecule has 2 rings (SSSR count). The molecular formula is C19H30N2O2. The van der Waals surface area contributed by atoms with Crippen molar-refractivity contribution in [3.63, 3.8) is 0 Å². The number of hydrogen-bond acceptors (Lipinski definition) is 3. The Bertz CT molecular complexity index is 467. The van der Waals surface area contributed by atoms with Crippen molar-refractivity contribution < 1.29 is 9.53 Å². The molecule has 23 heavy (non-hydrogen) atoms. The molecule has 1 saturated carbocycles. The SMILES string of the molecule is CCCCNC(=O)C(Nc1ccc(OC)cc1)C1CCCCC1. The highest BCUT2D eigenvalue weighted by molar-refractivity contribution is 5.85. The van der Waals surface area contributed by atoms with Crippen molar-refractivity contribution in [2.45, 2.75) is 57.9 Å². The molecule has 0 radical (unpaired) electrons. The van der Waals surface area contributed by atoms with Crippen LogP contribution in [0.1, 0.15) is 51.9 Å². The molecule has 0 bridgehead atoms. The average molecular weight is 318 g/mol. The van der Waals surface area contributed by atoms with Gasteiger partial charge in [0.2, 0.25) is 5.91 Å². The molecule has 128 valence electrons. The van der Waals surface area contributed by atoms with Crippen LogP contribution in [0.2, 0.25) is 0 Å². The van der Waals surface area contributed by atoms with Crippen LogP contribution in [0.4, 0.5) is 5.69 Å². The Labute approximate surface area is 140 Å². The molecule has 2 N–H and O–H groups in total. The van der Waals surface area contributed by atoms with Crippen LogP contribution in [0.5, 0.6) is 5.75 Å². The minimum absolute atomic E-state index is 0.138. The lowest BCUT2D eigenvalue weighted by Gasteiger charge is -2.30. The van der Waals surface area contributed by atoms with Crippen molar-refractivity contribution in [1.29, 1.82) is 0 Å². The van der Waals surface area contributed by atoms with Crippen molar-refractivity contribution in [1.82, 2.24) is 5.32 Å². The molecular weight excluding hydrogens is 288 g/mol.